The van der Waals surface area contributed by atoms with Crippen LogP contribution in [0, 0.1) is 6.92 Å². The Balaban J connectivity index is 2.06. The van der Waals surface area contributed by atoms with E-state index in [9.17, 15) is 9.59 Å². The summed E-state index contributed by atoms with van der Waals surface area (Å²) in [5.74, 6) is 0.149. The number of rotatable bonds is 5. The number of aromatic amines is 1. The number of nitrogens with zero attached hydrogens (tertiary/aromatic N) is 1. The van der Waals surface area contributed by atoms with Crippen LogP contribution in [0.25, 0.3) is 28.2 Å². The van der Waals surface area contributed by atoms with Gasteiger partial charge >= 0.3 is 0 Å². The molecule has 25 heavy (non-hydrogen) atoms. The average Bonchev–Trinajstić information content (AvgIpc) is 3.01. The largest absolute Gasteiger partial charge is 0.346 e. The molecule has 0 bridgehead atoms. The highest BCUT2D eigenvalue weighted by atomic mass is 16.1. The second-order valence-corrected chi connectivity index (χ2v) is 6.11. The first-order valence-electron chi connectivity index (χ1n) is 8.29. The van der Waals surface area contributed by atoms with Gasteiger partial charge in [-0.25, -0.2) is 4.98 Å². The van der Waals surface area contributed by atoms with Crippen molar-refractivity contribution < 1.29 is 9.59 Å². The number of nitrogens with one attached hydrogen (secondary N) is 1. The lowest BCUT2D eigenvalue weighted by atomic mass is 9.97. The second-order valence-electron chi connectivity index (χ2n) is 6.11. The number of hydrogen-bond donors (Lipinski definition) is 1. The molecule has 4 heteroatoms. The number of benzene rings is 1. The molecule has 126 valence electrons. The van der Waals surface area contributed by atoms with Gasteiger partial charge in [0, 0.05) is 40.9 Å². The second kappa shape index (κ2) is 6.85. The molecule has 4 nitrogen and oxygen atoms in total. The molecular formula is C21H20N2O2. The lowest BCUT2D eigenvalue weighted by Gasteiger charge is -2.08. The van der Waals surface area contributed by atoms with Crippen molar-refractivity contribution in [2.75, 3.05) is 0 Å². The first-order chi connectivity index (χ1) is 12.0. The summed E-state index contributed by atoms with van der Waals surface area (Å²) in [6.45, 7) is 5.39. The van der Waals surface area contributed by atoms with Crippen molar-refractivity contribution in [2.24, 2.45) is 0 Å². The standard InChI is InChI=1S/C21H20N2O2/c1-4-20(25)15-7-8-18(13(2)9-15)17-10-19-16(6-5-14(3)24)11-22-21(19)23-12-17/h5-12H,4H2,1-3H3,(H,22,23)/b6-5+. The van der Waals surface area contributed by atoms with E-state index in [1.54, 1.807) is 12.2 Å². The van der Waals surface area contributed by atoms with Crippen molar-refractivity contribution in [3.63, 3.8) is 0 Å². The van der Waals surface area contributed by atoms with Gasteiger partial charge in [0.15, 0.2) is 11.6 Å². The van der Waals surface area contributed by atoms with E-state index >= 15 is 0 Å². The molecule has 1 aromatic carbocycles. The molecule has 3 aromatic rings. The summed E-state index contributed by atoms with van der Waals surface area (Å²) in [7, 11) is 0. The third kappa shape index (κ3) is 3.43. The monoisotopic (exact) mass is 332 g/mol. The summed E-state index contributed by atoms with van der Waals surface area (Å²) in [6, 6.07) is 7.83. The zero-order valence-electron chi connectivity index (χ0n) is 14.6. The van der Waals surface area contributed by atoms with Gasteiger partial charge in [-0.15, -0.1) is 0 Å². The number of carbonyl (C=O) groups excluding carboxylic acids is 2. The maximum atomic E-state index is 11.9. The predicted octanol–water partition coefficient (Wildman–Crippen LogP) is 4.73. The Bertz CT molecular complexity index is 996. The minimum Gasteiger partial charge on any atom is -0.346 e. The average molecular weight is 332 g/mol. The minimum absolute atomic E-state index is 0.00508. The molecule has 3 rings (SSSR count). The van der Waals surface area contributed by atoms with Gasteiger partial charge in [0.05, 0.1) is 0 Å². The van der Waals surface area contributed by atoms with Crippen LogP contribution >= 0.6 is 0 Å². The Kier molecular flexibility index (Phi) is 4.61. The van der Waals surface area contributed by atoms with E-state index in [4.69, 9.17) is 0 Å². The Hall–Kier alpha value is -3.01. The number of H-pyrrole nitrogens is 1. The van der Waals surface area contributed by atoms with Crippen LogP contribution in [0.3, 0.4) is 0 Å². The van der Waals surface area contributed by atoms with Crippen LogP contribution in [0.4, 0.5) is 0 Å². The van der Waals surface area contributed by atoms with Gasteiger partial charge in [0.25, 0.3) is 0 Å². The number of ketones is 2. The zero-order chi connectivity index (χ0) is 18.0. The van der Waals surface area contributed by atoms with E-state index in [2.05, 4.69) is 16.0 Å². The number of aryl methyl sites for hydroxylation is 1. The fourth-order valence-corrected chi connectivity index (χ4v) is 2.88. The molecular weight excluding hydrogens is 312 g/mol. The van der Waals surface area contributed by atoms with Crippen molar-refractivity contribution in [3.05, 3.63) is 59.4 Å². The summed E-state index contributed by atoms with van der Waals surface area (Å²) < 4.78 is 0. The molecule has 0 saturated carbocycles. The molecule has 0 aliphatic rings. The van der Waals surface area contributed by atoms with Crippen LogP contribution in [0.2, 0.25) is 0 Å². The fourth-order valence-electron chi connectivity index (χ4n) is 2.88. The molecule has 0 atom stereocenters. The molecule has 0 amide bonds. The zero-order valence-corrected chi connectivity index (χ0v) is 14.6. The lowest BCUT2D eigenvalue weighted by molar-refractivity contribution is -0.112. The van der Waals surface area contributed by atoms with Gasteiger partial charge < -0.3 is 4.98 Å². The molecule has 0 aliphatic heterocycles. The Labute approximate surface area is 146 Å². The first-order valence-corrected chi connectivity index (χ1v) is 8.29. The van der Waals surface area contributed by atoms with Gasteiger partial charge in [-0.05, 0) is 49.3 Å². The third-order valence-corrected chi connectivity index (χ3v) is 4.24. The predicted molar refractivity (Wildman–Crippen MR) is 101 cm³/mol. The topological polar surface area (TPSA) is 62.8 Å². The molecule has 1 N–H and O–H groups in total. The van der Waals surface area contributed by atoms with Crippen molar-refractivity contribution in [3.8, 4) is 11.1 Å². The number of allylic oxidation sites excluding steroid dienone is 1. The highest BCUT2D eigenvalue weighted by Gasteiger charge is 2.10. The third-order valence-electron chi connectivity index (χ3n) is 4.24. The number of Topliss-reactive ketones (excluding diaryl/α,β-unsaturated/α-hetero) is 1. The van der Waals surface area contributed by atoms with E-state index in [1.807, 2.05) is 44.4 Å². The van der Waals surface area contributed by atoms with Crippen molar-refractivity contribution >= 4 is 28.7 Å². The first kappa shape index (κ1) is 16.8. The number of hydrogen-bond acceptors (Lipinski definition) is 3. The van der Waals surface area contributed by atoms with Crippen molar-refractivity contribution in [2.45, 2.75) is 27.2 Å². The minimum atomic E-state index is 0.00508. The number of pyridine rings is 1. The molecule has 0 spiro atoms. The van der Waals surface area contributed by atoms with Crippen LogP contribution in [0.15, 0.2) is 42.7 Å². The smallest absolute Gasteiger partial charge is 0.162 e. The van der Waals surface area contributed by atoms with Crippen molar-refractivity contribution in [1.82, 2.24) is 9.97 Å². The summed E-state index contributed by atoms with van der Waals surface area (Å²) in [5.41, 5.74) is 5.51. The molecule has 2 heterocycles. The van der Waals surface area contributed by atoms with E-state index in [0.717, 1.165) is 38.9 Å². The van der Waals surface area contributed by atoms with Gasteiger partial charge in [0.1, 0.15) is 5.65 Å². The molecule has 0 fully saturated rings. The fraction of sp³-hybridized carbons (Fsp3) is 0.190. The maximum Gasteiger partial charge on any atom is 0.162 e. The van der Waals surface area contributed by atoms with Gasteiger partial charge in [-0.1, -0.05) is 19.1 Å². The highest BCUT2D eigenvalue weighted by Crippen LogP contribution is 2.28. The molecule has 2 aromatic heterocycles. The van der Waals surface area contributed by atoms with Crippen LogP contribution in [0.5, 0.6) is 0 Å². The SMILES string of the molecule is CCC(=O)c1ccc(-c2cnc3[nH]cc(/C=C/C(C)=O)c3c2)c(C)c1. The quantitative estimate of drug-likeness (QED) is 0.542. The van der Waals surface area contributed by atoms with Crippen LogP contribution < -0.4 is 0 Å². The number of carbonyl (C=O) groups is 2. The van der Waals surface area contributed by atoms with Gasteiger partial charge in [-0.2, -0.15) is 0 Å². The van der Waals surface area contributed by atoms with Crippen molar-refractivity contribution in [1.29, 1.82) is 0 Å². The van der Waals surface area contributed by atoms with Crippen LogP contribution in [-0.4, -0.2) is 21.5 Å². The Morgan fingerprint density at radius 1 is 1.24 bits per heavy atom. The summed E-state index contributed by atoms with van der Waals surface area (Å²) >= 11 is 0. The van der Waals surface area contributed by atoms with Crippen LogP contribution in [0.1, 0.15) is 41.8 Å². The molecule has 0 aliphatic carbocycles. The highest BCUT2D eigenvalue weighted by molar-refractivity contribution is 5.98. The maximum absolute atomic E-state index is 11.9. The van der Waals surface area contributed by atoms with Crippen LogP contribution in [-0.2, 0) is 4.79 Å². The normalized spacial score (nSPS) is 11.3. The van der Waals surface area contributed by atoms with E-state index in [1.165, 1.54) is 6.92 Å². The van der Waals surface area contributed by atoms with E-state index < -0.39 is 0 Å². The summed E-state index contributed by atoms with van der Waals surface area (Å²) in [4.78, 5) is 30.7. The van der Waals surface area contributed by atoms with Gasteiger partial charge in [0.2, 0.25) is 0 Å². The Morgan fingerprint density at radius 3 is 2.72 bits per heavy atom. The van der Waals surface area contributed by atoms with E-state index in [-0.39, 0.29) is 11.6 Å². The summed E-state index contributed by atoms with van der Waals surface area (Å²) in [6.07, 6.45) is 7.51. The number of fused-ring (bicyclic) bond motifs is 1. The molecule has 0 radical (unpaired) electrons. The molecule has 0 saturated heterocycles. The molecule has 0 unspecified atom stereocenters. The lowest BCUT2D eigenvalue weighted by Crippen LogP contribution is -1.97. The van der Waals surface area contributed by atoms with E-state index in [0.29, 0.717) is 6.42 Å². The summed E-state index contributed by atoms with van der Waals surface area (Å²) in [5, 5.41) is 0.961. The van der Waals surface area contributed by atoms with Gasteiger partial charge in [-0.3, -0.25) is 9.59 Å². The number of aromatic nitrogens is 2. The Morgan fingerprint density at radius 2 is 2.04 bits per heavy atom.